The number of hydrogen-bond acceptors (Lipinski definition) is 1. The molecule has 0 heterocycles. The lowest BCUT2D eigenvalue weighted by Gasteiger charge is -2.18. The quantitative estimate of drug-likeness (QED) is 0.848. The average Bonchev–Trinajstić information content (AvgIpc) is 2.38. The number of benzene rings is 2. The maximum absolute atomic E-state index is 3.64. The lowest BCUT2D eigenvalue weighted by molar-refractivity contribution is 0.569. The van der Waals surface area contributed by atoms with Crippen LogP contribution >= 0.6 is 0 Å². The molecule has 0 saturated carbocycles. The zero-order valence-corrected chi connectivity index (χ0v) is 12.3. The first-order chi connectivity index (χ1) is 9.09. The highest BCUT2D eigenvalue weighted by atomic mass is 14.9. The molecule has 1 atom stereocenters. The molecule has 0 unspecified atom stereocenters. The molecule has 1 N–H and O–H groups in total. The molecular weight excluding hydrogens is 230 g/mol. The van der Waals surface area contributed by atoms with E-state index in [1.165, 1.54) is 27.8 Å². The molecule has 0 aliphatic heterocycles. The fraction of sp³-hybridized carbons (Fsp3) is 0.333. The Morgan fingerprint density at radius 3 is 2.05 bits per heavy atom. The van der Waals surface area contributed by atoms with E-state index in [1.54, 1.807) is 0 Å². The van der Waals surface area contributed by atoms with Crippen LogP contribution in [0.5, 0.6) is 0 Å². The van der Waals surface area contributed by atoms with Crippen LogP contribution in [0, 0.1) is 20.8 Å². The fourth-order valence-corrected chi connectivity index (χ4v) is 2.57. The van der Waals surface area contributed by atoms with E-state index in [9.17, 15) is 0 Å². The smallest absolute Gasteiger partial charge is 0.0297 e. The van der Waals surface area contributed by atoms with Crippen LogP contribution in [0.2, 0.25) is 0 Å². The molecular formula is C18H23N. The molecule has 0 amide bonds. The van der Waals surface area contributed by atoms with Crippen molar-refractivity contribution < 1.29 is 0 Å². The van der Waals surface area contributed by atoms with Crippen LogP contribution in [0.3, 0.4) is 0 Å². The van der Waals surface area contributed by atoms with Gasteiger partial charge in [-0.2, -0.15) is 0 Å². The van der Waals surface area contributed by atoms with E-state index in [0.717, 1.165) is 6.54 Å². The maximum atomic E-state index is 3.64. The van der Waals surface area contributed by atoms with Crippen molar-refractivity contribution in [2.24, 2.45) is 0 Å². The van der Waals surface area contributed by atoms with Crippen molar-refractivity contribution in [3.63, 3.8) is 0 Å². The van der Waals surface area contributed by atoms with Crippen LogP contribution in [0.25, 0.3) is 0 Å². The highest BCUT2D eigenvalue weighted by Gasteiger charge is 2.08. The maximum Gasteiger partial charge on any atom is 0.0297 e. The van der Waals surface area contributed by atoms with E-state index in [-0.39, 0.29) is 0 Å². The van der Waals surface area contributed by atoms with Gasteiger partial charge in [0.1, 0.15) is 0 Å². The molecule has 0 aliphatic rings. The zero-order valence-electron chi connectivity index (χ0n) is 12.3. The second-order valence-electron chi connectivity index (χ2n) is 5.33. The summed E-state index contributed by atoms with van der Waals surface area (Å²) in [7, 11) is 0. The Balaban J connectivity index is 2.09. The molecule has 19 heavy (non-hydrogen) atoms. The minimum absolute atomic E-state index is 0.375. The lowest BCUT2D eigenvalue weighted by atomic mass is 10.0. The van der Waals surface area contributed by atoms with E-state index >= 15 is 0 Å². The van der Waals surface area contributed by atoms with Crippen molar-refractivity contribution in [3.05, 3.63) is 70.3 Å². The van der Waals surface area contributed by atoms with Crippen molar-refractivity contribution in [2.45, 2.75) is 40.3 Å². The van der Waals surface area contributed by atoms with Gasteiger partial charge < -0.3 is 5.32 Å². The Hall–Kier alpha value is -1.60. The van der Waals surface area contributed by atoms with Gasteiger partial charge in [-0.25, -0.2) is 0 Å². The van der Waals surface area contributed by atoms with Gasteiger partial charge in [0.2, 0.25) is 0 Å². The Labute approximate surface area is 116 Å². The van der Waals surface area contributed by atoms with Crippen molar-refractivity contribution in [2.75, 3.05) is 0 Å². The first-order valence-corrected chi connectivity index (χ1v) is 6.93. The van der Waals surface area contributed by atoms with Gasteiger partial charge >= 0.3 is 0 Å². The van der Waals surface area contributed by atoms with Crippen LogP contribution in [-0.4, -0.2) is 0 Å². The monoisotopic (exact) mass is 253 g/mol. The summed E-state index contributed by atoms with van der Waals surface area (Å²) in [6, 6.07) is 15.4. The molecule has 0 bridgehead atoms. The SMILES string of the molecule is Cc1ccccc1[C@@H](C)NCc1c(C)cccc1C. The van der Waals surface area contributed by atoms with Crippen LogP contribution < -0.4 is 5.32 Å². The van der Waals surface area contributed by atoms with Crippen LogP contribution in [0.4, 0.5) is 0 Å². The van der Waals surface area contributed by atoms with E-state index < -0.39 is 0 Å². The van der Waals surface area contributed by atoms with E-state index in [1.807, 2.05) is 0 Å². The third-order valence-electron chi connectivity index (χ3n) is 3.88. The van der Waals surface area contributed by atoms with Gasteiger partial charge in [-0.3, -0.25) is 0 Å². The van der Waals surface area contributed by atoms with Crippen LogP contribution in [0.15, 0.2) is 42.5 Å². The summed E-state index contributed by atoms with van der Waals surface area (Å²) in [6.07, 6.45) is 0. The highest BCUT2D eigenvalue weighted by molar-refractivity contribution is 5.34. The van der Waals surface area contributed by atoms with E-state index in [2.05, 4.69) is 75.5 Å². The Bertz CT molecular complexity index is 537. The van der Waals surface area contributed by atoms with Crippen LogP contribution in [0.1, 0.15) is 40.8 Å². The summed E-state index contributed by atoms with van der Waals surface area (Å²) < 4.78 is 0. The Kier molecular flexibility index (Phi) is 4.39. The molecule has 2 aromatic carbocycles. The van der Waals surface area contributed by atoms with Gasteiger partial charge in [-0.1, -0.05) is 42.5 Å². The third kappa shape index (κ3) is 3.24. The molecule has 0 fully saturated rings. The number of hydrogen-bond donors (Lipinski definition) is 1. The second-order valence-corrected chi connectivity index (χ2v) is 5.33. The van der Waals surface area contributed by atoms with Gasteiger partial charge in [-0.05, 0) is 55.5 Å². The summed E-state index contributed by atoms with van der Waals surface area (Å²) in [6.45, 7) is 9.70. The second kappa shape index (κ2) is 6.03. The standard InChI is InChI=1S/C18H23N/c1-13-8-5-6-11-17(13)16(4)19-12-18-14(2)9-7-10-15(18)3/h5-11,16,19H,12H2,1-4H3/t16-/m1/s1. The molecule has 0 spiro atoms. The first-order valence-electron chi connectivity index (χ1n) is 6.93. The van der Waals surface area contributed by atoms with Gasteiger partial charge in [0, 0.05) is 12.6 Å². The van der Waals surface area contributed by atoms with Gasteiger partial charge in [0.05, 0.1) is 0 Å². The highest BCUT2D eigenvalue weighted by Crippen LogP contribution is 2.19. The predicted molar refractivity (Wildman–Crippen MR) is 82.3 cm³/mol. The lowest BCUT2D eigenvalue weighted by Crippen LogP contribution is -2.20. The molecule has 0 aromatic heterocycles. The van der Waals surface area contributed by atoms with Gasteiger partial charge in [0.25, 0.3) is 0 Å². The largest absolute Gasteiger partial charge is 0.306 e. The van der Waals surface area contributed by atoms with Gasteiger partial charge in [-0.15, -0.1) is 0 Å². The minimum atomic E-state index is 0.375. The molecule has 0 aliphatic carbocycles. The number of nitrogens with one attached hydrogen (secondary N) is 1. The molecule has 1 heteroatoms. The summed E-state index contributed by atoms with van der Waals surface area (Å²) in [5.74, 6) is 0. The number of rotatable bonds is 4. The summed E-state index contributed by atoms with van der Waals surface area (Å²) >= 11 is 0. The normalized spacial score (nSPS) is 12.4. The third-order valence-corrected chi connectivity index (χ3v) is 3.88. The molecule has 0 radical (unpaired) electrons. The van der Waals surface area contributed by atoms with E-state index in [4.69, 9.17) is 0 Å². The summed E-state index contributed by atoms with van der Waals surface area (Å²) in [4.78, 5) is 0. The summed E-state index contributed by atoms with van der Waals surface area (Å²) in [5, 5.41) is 3.64. The minimum Gasteiger partial charge on any atom is -0.306 e. The fourth-order valence-electron chi connectivity index (χ4n) is 2.57. The molecule has 2 aromatic rings. The molecule has 2 rings (SSSR count). The predicted octanol–water partition coefficient (Wildman–Crippen LogP) is 4.46. The van der Waals surface area contributed by atoms with Crippen molar-refractivity contribution in [1.82, 2.24) is 5.32 Å². The van der Waals surface area contributed by atoms with Crippen molar-refractivity contribution in [3.8, 4) is 0 Å². The Morgan fingerprint density at radius 2 is 1.42 bits per heavy atom. The van der Waals surface area contributed by atoms with E-state index in [0.29, 0.717) is 6.04 Å². The molecule has 1 nitrogen and oxygen atoms in total. The van der Waals surface area contributed by atoms with Gasteiger partial charge in [0.15, 0.2) is 0 Å². The zero-order chi connectivity index (χ0) is 13.8. The van der Waals surface area contributed by atoms with Crippen LogP contribution in [-0.2, 0) is 6.54 Å². The van der Waals surface area contributed by atoms with Crippen molar-refractivity contribution >= 4 is 0 Å². The Morgan fingerprint density at radius 1 is 0.842 bits per heavy atom. The number of aryl methyl sites for hydroxylation is 3. The molecule has 100 valence electrons. The summed E-state index contributed by atoms with van der Waals surface area (Å²) in [5.41, 5.74) is 6.88. The molecule has 0 saturated heterocycles. The van der Waals surface area contributed by atoms with Crippen molar-refractivity contribution in [1.29, 1.82) is 0 Å². The average molecular weight is 253 g/mol. The topological polar surface area (TPSA) is 12.0 Å². The first kappa shape index (κ1) is 13.8.